The predicted molar refractivity (Wildman–Crippen MR) is 154 cm³/mol. The summed E-state index contributed by atoms with van der Waals surface area (Å²) in [4.78, 5) is 27.1. The molecule has 0 bridgehead atoms. The second-order valence-electron chi connectivity index (χ2n) is 8.77. The van der Waals surface area contributed by atoms with Crippen molar-refractivity contribution in [3.63, 3.8) is 0 Å². The fourth-order valence-corrected chi connectivity index (χ4v) is 4.47. The monoisotopic (exact) mass is 561 g/mol. The minimum Gasteiger partial charge on any atom is -0.353 e. The molecule has 10 nitrogen and oxygen atoms in total. The lowest BCUT2D eigenvalue weighted by atomic mass is 10.1. The normalized spacial score (nSPS) is 11.4. The van der Waals surface area contributed by atoms with Crippen molar-refractivity contribution < 1.29 is 17.6 Å². The number of allylic oxidation sites excluding steroid dienone is 1. The number of benzene rings is 3. The van der Waals surface area contributed by atoms with E-state index in [0.717, 1.165) is 5.56 Å². The van der Waals surface area contributed by atoms with Crippen molar-refractivity contribution in [2.45, 2.75) is 4.90 Å². The first-order valence-corrected chi connectivity index (χ1v) is 13.7. The summed E-state index contributed by atoms with van der Waals surface area (Å²) in [6.07, 6.45) is 3.16. The summed E-state index contributed by atoms with van der Waals surface area (Å²) in [7, 11) is -0.268. The zero-order chi connectivity index (χ0) is 28.5. The van der Waals surface area contributed by atoms with Crippen LogP contribution >= 0.6 is 0 Å². The van der Waals surface area contributed by atoms with E-state index in [-0.39, 0.29) is 41.5 Å². The van der Waals surface area contributed by atoms with Gasteiger partial charge in [-0.25, -0.2) is 17.5 Å². The van der Waals surface area contributed by atoms with E-state index >= 15 is 0 Å². The Kier molecular flexibility index (Phi) is 9.15. The molecular weight excluding hydrogens is 533 g/mol. The molecule has 4 rings (SSSR count). The average molecular weight is 562 g/mol. The number of ketones is 1. The van der Waals surface area contributed by atoms with Crippen LogP contribution in [0.5, 0.6) is 0 Å². The molecule has 1 aromatic heterocycles. The highest BCUT2D eigenvalue weighted by molar-refractivity contribution is 7.89. The van der Waals surface area contributed by atoms with Gasteiger partial charge in [0.25, 0.3) is 0 Å². The number of nitrogens with zero attached hydrogens (tertiary/aromatic N) is 4. The minimum absolute atomic E-state index is 0.0388. The smallest absolute Gasteiger partial charge is 0.240 e. The highest BCUT2D eigenvalue weighted by atomic mass is 32.2. The van der Waals surface area contributed by atoms with Crippen LogP contribution in [0, 0.1) is 5.82 Å². The minimum atomic E-state index is -3.81. The number of hydrogen-bond donors (Lipinski definition) is 3. The number of anilines is 4. The maximum absolute atomic E-state index is 13.2. The highest BCUT2D eigenvalue weighted by Crippen LogP contribution is 2.17. The molecule has 206 valence electrons. The van der Waals surface area contributed by atoms with E-state index in [2.05, 4.69) is 30.3 Å². The van der Waals surface area contributed by atoms with E-state index < -0.39 is 10.0 Å². The van der Waals surface area contributed by atoms with Crippen molar-refractivity contribution in [2.24, 2.45) is 0 Å². The molecule has 1 heterocycles. The van der Waals surface area contributed by atoms with Crippen molar-refractivity contribution in [2.75, 3.05) is 42.7 Å². The Balaban J connectivity index is 1.33. The zero-order valence-corrected chi connectivity index (χ0v) is 22.7. The van der Waals surface area contributed by atoms with Crippen LogP contribution in [0.4, 0.5) is 27.9 Å². The molecule has 0 atom stereocenters. The number of aromatic nitrogens is 3. The second-order valence-corrected chi connectivity index (χ2v) is 10.5. The Morgan fingerprint density at radius 2 is 1.55 bits per heavy atom. The summed E-state index contributed by atoms with van der Waals surface area (Å²) in [6, 6.07) is 20.9. The lowest BCUT2D eigenvalue weighted by Crippen LogP contribution is -2.29. The fraction of sp³-hybridized carbons (Fsp3) is 0.143. The maximum atomic E-state index is 13.2. The van der Waals surface area contributed by atoms with Crippen LogP contribution in [0.1, 0.15) is 15.9 Å². The molecule has 0 radical (unpaired) electrons. The number of hydrogen-bond acceptors (Lipinski definition) is 9. The molecule has 0 saturated carbocycles. The molecule has 0 aliphatic rings. The molecular formula is C28H28FN7O3S. The Hall–Kier alpha value is -4.68. The molecule has 0 aliphatic heterocycles. The first-order valence-electron chi connectivity index (χ1n) is 12.3. The molecule has 0 unspecified atom stereocenters. The molecule has 3 N–H and O–H groups in total. The van der Waals surface area contributed by atoms with Crippen LogP contribution < -0.4 is 20.3 Å². The topological polar surface area (TPSA) is 129 Å². The first kappa shape index (κ1) is 28.3. The number of halogens is 1. The van der Waals surface area contributed by atoms with Crippen LogP contribution in [-0.2, 0) is 10.0 Å². The van der Waals surface area contributed by atoms with Gasteiger partial charge >= 0.3 is 0 Å². The average Bonchev–Trinajstić information content (AvgIpc) is 2.96. The molecule has 0 amide bonds. The first-order chi connectivity index (χ1) is 19.2. The number of rotatable bonds is 12. The van der Waals surface area contributed by atoms with Gasteiger partial charge in [0, 0.05) is 38.4 Å². The van der Waals surface area contributed by atoms with Gasteiger partial charge in [-0.15, -0.1) is 0 Å². The largest absolute Gasteiger partial charge is 0.353 e. The van der Waals surface area contributed by atoms with Gasteiger partial charge in [-0.3, -0.25) is 4.79 Å². The molecule has 0 aliphatic carbocycles. The summed E-state index contributed by atoms with van der Waals surface area (Å²) in [5, 5.41) is 5.98. The highest BCUT2D eigenvalue weighted by Gasteiger charge is 2.15. The van der Waals surface area contributed by atoms with E-state index in [0.29, 0.717) is 17.2 Å². The van der Waals surface area contributed by atoms with E-state index in [4.69, 9.17) is 0 Å². The zero-order valence-electron chi connectivity index (χ0n) is 21.9. The van der Waals surface area contributed by atoms with Crippen LogP contribution in [0.25, 0.3) is 6.08 Å². The predicted octanol–water partition coefficient (Wildman–Crippen LogP) is 4.11. The van der Waals surface area contributed by atoms with E-state index in [1.807, 2.05) is 30.3 Å². The van der Waals surface area contributed by atoms with E-state index in [1.165, 1.54) is 42.5 Å². The van der Waals surface area contributed by atoms with Crippen LogP contribution in [-0.4, -0.2) is 56.3 Å². The third-order valence-electron chi connectivity index (χ3n) is 5.50. The fourth-order valence-electron chi connectivity index (χ4n) is 3.44. The summed E-state index contributed by atoms with van der Waals surface area (Å²) < 4.78 is 41.2. The Bertz CT molecular complexity index is 1580. The second kappa shape index (κ2) is 12.9. The summed E-state index contributed by atoms with van der Waals surface area (Å²) in [5.41, 5.74) is 1.86. The van der Waals surface area contributed by atoms with Gasteiger partial charge in [0.1, 0.15) is 5.82 Å². The maximum Gasteiger partial charge on any atom is 0.240 e. The Morgan fingerprint density at radius 1 is 0.875 bits per heavy atom. The van der Waals surface area contributed by atoms with Crippen molar-refractivity contribution in [1.82, 2.24) is 19.7 Å². The molecule has 3 aromatic carbocycles. The van der Waals surface area contributed by atoms with Crippen LogP contribution in [0.3, 0.4) is 0 Å². The standard InChI is InChI=1S/C28H28FN7O3S/c1-36(2)28-34-26(33-27(35-28)32-23-13-11-22(29)12-14-23)30-18-19-31-40(38,39)24-15-9-21(10-16-24)25(37)17-8-20-6-4-3-5-7-20/h3-17,31H,18-19H2,1-2H3,(H2,30,32,33,34,35)/b17-8+. The Labute approximate surface area is 232 Å². The number of carbonyl (C=O) groups excluding carboxylic acids is 1. The van der Waals surface area contributed by atoms with E-state index in [9.17, 15) is 17.6 Å². The van der Waals surface area contributed by atoms with Crippen molar-refractivity contribution in [3.8, 4) is 0 Å². The summed E-state index contributed by atoms with van der Waals surface area (Å²) in [5.74, 6) is 0.250. The van der Waals surface area contributed by atoms with Crippen molar-refractivity contribution in [3.05, 3.63) is 102 Å². The quantitative estimate of drug-likeness (QED) is 0.133. The summed E-state index contributed by atoms with van der Waals surface area (Å²) >= 11 is 0. The van der Waals surface area contributed by atoms with Crippen LogP contribution in [0.2, 0.25) is 0 Å². The molecule has 4 aromatic rings. The molecule has 40 heavy (non-hydrogen) atoms. The number of carbonyl (C=O) groups is 1. The third kappa shape index (κ3) is 7.91. The number of sulfonamides is 1. The third-order valence-corrected chi connectivity index (χ3v) is 6.98. The van der Waals surface area contributed by atoms with Gasteiger partial charge in [-0.05, 0) is 60.2 Å². The SMILES string of the molecule is CN(C)c1nc(NCCNS(=O)(=O)c2ccc(C(=O)/C=C/c3ccccc3)cc2)nc(Nc2ccc(F)cc2)n1. The van der Waals surface area contributed by atoms with Crippen LogP contribution in [0.15, 0.2) is 89.8 Å². The molecule has 0 fully saturated rings. The van der Waals surface area contributed by atoms with Crippen molar-refractivity contribution in [1.29, 1.82) is 0 Å². The van der Waals surface area contributed by atoms with Gasteiger partial charge < -0.3 is 15.5 Å². The Morgan fingerprint density at radius 3 is 2.23 bits per heavy atom. The van der Waals surface area contributed by atoms with Gasteiger partial charge in [0.15, 0.2) is 5.78 Å². The van der Waals surface area contributed by atoms with Gasteiger partial charge in [-0.2, -0.15) is 15.0 Å². The molecule has 0 saturated heterocycles. The number of nitrogens with one attached hydrogen (secondary N) is 3. The lowest BCUT2D eigenvalue weighted by molar-refractivity contribution is 0.104. The van der Waals surface area contributed by atoms with Crippen molar-refractivity contribution >= 4 is 45.4 Å². The summed E-state index contributed by atoms with van der Waals surface area (Å²) in [6.45, 7) is 0.236. The molecule has 12 heteroatoms. The van der Waals surface area contributed by atoms with Gasteiger partial charge in [0.05, 0.1) is 4.90 Å². The van der Waals surface area contributed by atoms with Gasteiger partial charge in [-0.1, -0.05) is 36.4 Å². The van der Waals surface area contributed by atoms with E-state index in [1.54, 1.807) is 37.2 Å². The molecule has 0 spiro atoms. The lowest BCUT2D eigenvalue weighted by Gasteiger charge is -2.14. The van der Waals surface area contributed by atoms with Gasteiger partial charge in [0.2, 0.25) is 27.9 Å².